The van der Waals surface area contributed by atoms with Gasteiger partial charge in [-0.05, 0) is 32.5 Å². The summed E-state index contributed by atoms with van der Waals surface area (Å²) in [6, 6.07) is 0. The lowest BCUT2D eigenvalue weighted by Gasteiger charge is -2.17. The maximum absolute atomic E-state index is 10.4. The van der Waals surface area contributed by atoms with Crippen LogP contribution in [0, 0.1) is 0 Å². The van der Waals surface area contributed by atoms with E-state index >= 15 is 0 Å². The first kappa shape index (κ1) is 24.4. The molecule has 0 saturated carbocycles. The van der Waals surface area contributed by atoms with Crippen molar-refractivity contribution in [2.75, 3.05) is 19.6 Å². The molecule has 0 heterocycles. The normalized spacial score (nSPS) is 11.3. The molecule has 0 radical (unpaired) electrons. The van der Waals surface area contributed by atoms with Gasteiger partial charge in [0.2, 0.25) is 0 Å². The van der Waals surface area contributed by atoms with Gasteiger partial charge in [0.15, 0.2) is 0 Å². The number of carboxylic acid groups (broad SMARTS) is 1. The molecule has 0 aromatic heterocycles. The highest BCUT2D eigenvalue weighted by Crippen LogP contribution is 2.13. The van der Waals surface area contributed by atoms with Crippen LogP contribution in [0.2, 0.25) is 0 Å². The summed E-state index contributed by atoms with van der Waals surface area (Å²) >= 11 is 0. The molecule has 0 saturated heterocycles. The molecule has 0 amide bonds. The summed E-state index contributed by atoms with van der Waals surface area (Å²) in [5.41, 5.74) is 0. The van der Waals surface area contributed by atoms with Crippen molar-refractivity contribution in [3.63, 3.8) is 0 Å². The molecule has 0 aromatic rings. The molecule has 25 heavy (non-hydrogen) atoms. The van der Waals surface area contributed by atoms with E-state index in [1.165, 1.54) is 103 Å². The molecular formula is C22H45NO2. The molecule has 1 N–H and O–H groups in total. The van der Waals surface area contributed by atoms with Crippen LogP contribution in [0.1, 0.15) is 117 Å². The molecule has 0 aliphatic rings. The van der Waals surface area contributed by atoms with E-state index < -0.39 is 5.97 Å². The van der Waals surface area contributed by atoms with E-state index in [2.05, 4.69) is 18.7 Å². The van der Waals surface area contributed by atoms with Gasteiger partial charge in [0.25, 0.3) is 0 Å². The smallest absolute Gasteiger partial charge is 0.303 e. The maximum Gasteiger partial charge on any atom is 0.303 e. The van der Waals surface area contributed by atoms with Crippen LogP contribution in [0.3, 0.4) is 0 Å². The molecule has 0 fully saturated rings. The van der Waals surface area contributed by atoms with Gasteiger partial charge in [-0.3, -0.25) is 4.79 Å². The second-order valence-electron chi connectivity index (χ2n) is 7.47. The molecule has 0 bridgehead atoms. The van der Waals surface area contributed by atoms with E-state index in [4.69, 9.17) is 5.11 Å². The Morgan fingerprint density at radius 2 is 0.920 bits per heavy atom. The topological polar surface area (TPSA) is 40.5 Å². The number of carbonyl (C=O) groups is 1. The van der Waals surface area contributed by atoms with Gasteiger partial charge in [0.05, 0.1) is 0 Å². The first-order chi connectivity index (χ1) is 12.2. The van der Waals surface area contributed by atoms with Gasteiger partial charge >= 0.3 is 5.97 Å². The predicted octanol–water partition coefficient (Wildman–Crippen LogP) is 6.65. The summed E-state index contributed by atoms with van der Waals surface area (Å²) in [6.45, 7) is 8.19. The van der Waals surface area contributed by atoms with Crippen LogP contribution in [0.25, 0.3) is 0 Å². The largest absolute Gasteiger partial charge is 0.481 e. The average molecular weight is 356 g/mol. The summed E-state index contributed by atoms with van der Waals surface area (Å²) in [4.78, 5) is 12.9. The van der Waals surface area contributed by atoms with Crippen molar-refractivity contribution in [2.24, 2.45) is 0 Å². The van der Waals surface area contributed by atoms with Gasteiger partial charge in [0.1, 0.15) is 0 Å². The lowest BCUT2D eigenvalue weighted by atomic mass is 10.0. The Bertz CT molecular complexity index is 277. The SMILES string of the molecule is CCN(CC)CCCCCCCCCCCCCCCCCC(=O)O. The Morgan fingerprint density at radius 1 is 0.600 bits per heavy atom. The minimum atomic E-state index is -0.653. The Hall–Kier alpha value is -0.570. The lowest BCUT2D eigenvalue weighted by Crippen LogP contribution is -2.23. The van der Waals surface area contributed by atoms with E-state index in [1.54, 1.807) is 0 Å². The van der Waals surface area contributed by atoms with Crippen LogP contribution >= 0.6 is 0 Å². The maximum atomic E-state index is 10.4. The van der Waals surface area contributed by atoms with Gasteiger partial charge < -0.3 is 10.0 Å². The van der Waals surface area contributed by atoms with Gasteiger partial charge in [-0.15, -0.1) is 0 Å². The zero-order chi connectivity index (χ0) is 18.6. The summed E-state index contributed by atoms with van der Waals surface area (Å²) < 4.78 is 0. The third kappa shape index (κ3) is 19.6. The predicted molar refractivity (Wildman–Crippen MR) is 109 cm³/mol. The highest BCUT2D eigenvalue weighted by molar-refractivity contribution is 5.66. The van der Waals surface area contributed by atoms with Crippen molar-refractivity contribution in [1.82, 2.24) is 4.90 Å². The van der Waals surface area contributed by atoms with Crippen molar-refractivity contribution >= 4 is 5.97 Å². The molecule has 150 valence electrons. The van der Waals surface area contributed by atoms with E-state index in [-0.39, 0.29) is 0 Å². The van der Waals surface area contributed by atoms with Crippen molar-refractivity contribution in [2.45, 2.75) is 117 Å². The Morgan fingerprint density at radius 3 is 1.24 bits per heavy atom. The molecule has 0 atom stereocenters. The summed E-state index contributed by atoms with van der Waals surface area (Å²) in [7, 11) is 0. The number of aliphatic carboxylic acids is 1. The summed E-state index contributed by atoms with van der Waals surface area (Å²) in [6.07, 6.45) is 20.2. The zero-order valence-electron chi connectivity index (χ0n) is 17.2. The highest BCUT2D eigenvalue weighted by Gasteiger charge is 1.99. The second-order valence-corrected chi connectivity index (χ2v) is 7.47. The minimum Gasteiger partial charge on any atom is -0.481 e. The van der Waals surface area contributed by atoms with Crippen LogP contribution in [-0.4, -0.2) is 35.6 Å². The van der Waals surface area contributed by atoms with Crippen molar-refractivity contribution in [1.29, 1.82) is 0 Å². The molecule has 0 rings (SSSR count). The van der Waals surface area contributed by atoms with Crippen LogP contribution in [-0.2, 0) is 4.79 Å². The second kappa shape index (κ2) is 19.8. The van der Waals surface area contributed by atoms with E-state index in [0.717, 1.165) is 12.8 Å². The fourth-order valence-corrected chi connectivity index (χ4v) is 3.45. The molecule has 0 aliphatic carbocycles. The summed E-state index contributed by atoms with van der Waals surface area (Å²) in [5, 5.41) is 8.57. The van der Waals surface area contributed by atoms with Gasteiger partial charge in [0, 0.05) is 6.42 Å². The molecule has 3 nitrogen and oxygen atoms in total. The number of carboxylic acids is 1. The molecule has 0 aromatic carbocycles. The fraction of sp³-hybridized carbons (Fsp3) is 0.955. The van der Waals surface area contributed by atoms with Crippen molar-refractivity contribution in [3.8, 4) is 0 Å². The van der Waals surface area contributed by atoms with Crippen molar-refractivity contribution in [3.05, 3.63) is 0 Å². The van der Waals surface area contributed by atoms with Crippen LogP contribution in [0.5, 0.6) is 0 Å². The third-order valence-electron chi connectivity index (χ3n) is 5.26. The molecular weight excluding hydrogens is 310 g/mol. The van der Waals surface area contributed by atoms with Crippen LogP contribution in [0.15, 0.2) is 0 Å². The zero-order valence-corrected chi connectivity index (χ0v) is 17.2. The highest BCUT2D eigenvalue weighted by atomic mass is 16.4. The Kier molecular flexibility index (Phi) is 19.3. The van der Waals surface area contributed by atoms with Gasteiger partial charge in [-0.1, -0.05) is 97.3 Å². The van der Waals surface area contributed by atoms with E-state index in [9.17, 15) is 4.79 Å². The number of unbranched alkanes of at least 4 members (excludes halogenated alkanes) is 14. The van der Waals surface area contributed by atoms with Crippen LogP contribution in [0.4, 0.5) is 0 Å². The monoisotopic (exact) mass is 355 g/mol. The first-order valence-electron chi connectivity index (χ1n) is 11.1. The fourth-order valence-electron chi connectivity index (χ4n) is 3.45. The van der Waals surface area contributed by atoms with Gasteiger partial charge in [-0.25, -0.2) is 0 Å². The molecule has 0 unspecified atom stereocenters. The lowest BCUT2D eigenvalue weighted by molar-refractivity contribution is -0.137. The average Bonchev–Trinajstić information content (AvgIpc) is 2.60. The van der Waals surface area contributed by atoms with Gasteiger partial charge in [-0.2, -0.15) is 0 Å². The van der Waals surface area contributed by atoms with Crippen LogP contribution < -0.4 is 0 Å². The minimum absolute atomic E-state index is 0.343. The molecule has 0 aliphatic heterocycles. The van der Waals surface area contributed by atoms with Crippen molar-refractivity contribution < 1.29 is 9.90 Å². The Labute approximate surface area is 157 Å². The molecule has 3 heteroatoms. The standard InChI is InChI=1S/C22H45NO2/c1-3-23(4-2)21-19-17-15-13-11-9-7-5-6-8-10-12-14-16-18-20-22(24)25/h3-21H2,1-2H3,(H,24,25). The number of nitrogens with zero attached hydrogens (tertiary/aromatic N) is 1. The number of hydrogen-bond donors (Lipinski definition) is 1. The molecule has 0 spiro atoms. The van der Waals surface area contributed by atoms with E-state index in [1.807, 2.05) is 0 Å². The van der Waals surface area contributed by atoms with E-state index in [0.29, 0.717) is 6.42 Å². The number of rotatable bonds is 20. The third-order valence-corrected chi connectivity index (χ3v) is 5.26. The quantitative estimate of drug-likeness (QED) is 0.248. The number of hydrogen-bond acceptors (Lipinski definition) is 2. The first-order valence-corrected chi connectivity index (χ1v) is 11.1. The Balaban J connectivity index is 3.06. The summed E-state index contributed by atoms with van der Waals surface area (Å²) in [5.74, 6) is -0.653.